The number of carbonyl (C=O) groups is 2. The van der Waals surface area contributed by atoms with Crippen LogP contribution in [0.1, 0.15) is 29.8 Å². The molecule has 0 aliphatic carbocycles. The van der Waals surface area contributed by atoms with Crippen LogP contribution in [-0.4, -0.2) is 41.7 Å². The molecule has 0 aliphatic rings. The van der Waals surface area contributed by atoms with Crippen LogP contribution in [0.5, 0.6) is 11.6 Å². The maximum atomic E-state index is 12.4. The van der Waals surface area contributed by atoms with Gasteiger partial charge in [0.05, 0.1) is 7.11 Å². The zero-order valence-corrected chi connectivity index (χ0v) is 16.5. The zero-order valence-electron chi connectivity index (χ0n) is 16.5. The van der Waals surface area contributed by atoms with Crippen LogP contribution in [0.15, 0.2) is 30.6 Å². The van der Waals surface area contributed by atoms with Crippen LogP contribution in [0.4, 0.5) is 19.0 Å². The predicted octanol–water partition coefficient (Wildman–Crippen LogP) is 2.95. The van der Waals surface area contributed by atoms with Gasteiger partial charge in [0.1, 0.15) is 5.82 Å². The first-order valence-electron chi connectivity index (χ1n) is 8.86. The van der Waals surface area contributed by atoms with Crippen LogP contribution in [0.3, 0.4) is 0 Å². The molecule has 0 spiro atoms. The molecule has 0 atom stereocenters. The molecule has 0 radical (unpaired) electrons. The summed E-state index contributed by atoms with van der Waals surface area (Å²) in [4.78, 5) is 31.9. The van der Waals surface area contributed by atoms with Crippen LogP contribution in [0, 0.1) is 5.92 Å². The van der Waals surface area contributed by atoms with Crippen molar-refractivity contribution in [2.75, 3.05) is 19.0 Å². The summed E-state index contributed by atoms with van der Waals surface area (Å²) in [5.41, 5.74) is 0.760. The molecule has 2 amide bonds. The largest absolute Gasteiger partial charge is 0.491 e. The lowest BCUT2D eigenvalue weighted by atomic mass is 10.2. The molecule has 8 nitrogen and oxygen atoms in total. The summed E-state index contributed by atoms with van der Waals surface area (Å²) < 4.78 is 46.5. The molecular formula is C19H21F3N4O4. The predicted molar refractivity (Wildman–Crippen MR) is 101 cm³/mol. The number of amides is 2. The summed E-state index contributed by atoms with van der Waals surface area (Å²) in [6.07, 6.45) is -1.84. The van der Waals surface area contributed by atoms with E-state index in [2.05, 4.69) is 25.3 Å². The number of anilines is 1. The fourth-order valence-corrected chi connectivity index (χ4v) is 2.17. The molecule has 0 aromatic carbocycles. The lowest BCUT2D eigenvalue weighted by Crippen LogP contribution is -2.24. The highest BCUT2D eigenvalue weighted by molar-refractivity contribution is 5.96. The fraction of sp³-hybridized carbons (Fsp3) is 0.368. The molecule has 0 unspecified atom stereocenters. The first kappa shape index (κ1) is 22.9. The summed E-state index contributed by atoms with van der Waals surface area (Å²) >= 11 is 0. The van der Waals surface area contributed by atoms with Crippen molar-refractivity contribution in [3.63, 3.8) is 0 Å². The molecule has 2 rings (SSSR count). The van der Waals surface area contributed by atoms with Crippen molar-refractivity contribution in [2.45, 2.75) is 26.6 Å². The lowest BCUT2D eigenvalue weighted by molar-refractivity contribution is -0.154. The number of ether oxygens (including phenoxy) is 2. The van der Waals surface area contributed by atoms with Crippen molar-refractivity contribution >= 4 is 17.6 Å². The Morgan fingerprint density at radius 3 is 2.57 bits per heavy atom. The van der Waals surface area contributed by atoms with Crippen molar-refractivity contribution < 1.29 is 32.2 Å². The maximum absolute atomic E-state index is 12.4. The second-order valence-electron chi connectivity index (χ2n) is 6.51. The molecule has 2 aromatic heterocycles. The zero-order chi connectivity index (χ0) is 22.3. The van der Waals surface area contributed by atoms with E-state index in [1.165, 1.54) is 37.7 Å². The normalized spacial score (nSPS) is 11.2. The van der Waals surface area contributed by atoms with E-state index in [0.717, 1.165) is 0 Å². The topological polar surface area (TPSA) is 102 Å². The van der Waals surface area contributed by atoms with Gasteiger partial charge in [0.25, 0.3) is 11.8 Å². The molecule has 0 saturated heterocycles. The van der Waals surface area contributed by atoms with Gasteiger partial charge in [-0.05, 0) is 23.8 Å². The van der Waals surface area contributed by atoms with Gasteiger partial charge < -0.3 is 20.1 Å². The highest BCUT2D eigenvalue weighted by Gasteiger charge is 2.29. The van der Waals surface area contributed by atoms with Gasteiger partial charge in [0.2, 0.25) is 5.91 Å². The number of aromatic nitrogens is 2. The number of nitrogens with zero attached hydrogens (tertiary/aromatic N) is 2. The van der Waals surface area contributed by atoms with Crippen molar-refractivity contribution in [1.82, 2.24) is 15.3 Å². The van der Waals surface area contributed by atoms with E-state index < -0.39 is 18.7 Å². The smallest absolute Gasteiger partial charge is 0.422 e. The monoisotopic (exact) mass is 426 g/mol. The van der Waals surface area contributed by atoms with E-state index in [1.807, 2.05) is 0 Å². The first-order chi connectivity index (χ1) is 14.1. The van der Waals surface area contributed by atoms with Gasteiger partial charge in [-0.2, -0.15) is 13.2 Å². The van der Waals surface area contributed by atoms with Gasteiger partial charge in [-0.15, -0.1) is 0 Å². The number of pyridine rings is 2. The van der Waals surface area contributed by atoms with Crippen LogP contribution >= 0.6 is 0 Å². The minimum atomic E-state index is -4.50. The molecule has 2 N–H and O–H groups in total. The lowest BCUT2D eigenvalue weighted by Gasteiger charge is -2.13. The van der Waals surface area contributed by atoms with Crippen LogP contribution < -0.4 is 20.1 Å². The quantitative estimate of drug-likeness (QED) is 0.673. The first-order valence-corrected chi connectivity index (χ1v) is 8.86. The van der Waals surface area contributed by atoms with Gasteiger partial charge in [-0.25, -0.2) is 9.97 Å². The number of hydrogen-bond donors (Lipinski definition) is 2. The number of alkyl halides is 3. The summed E-state index contributed by atoms with van der Waals surface area (Å²) in [6.45, 7) is 2.00. The third-order valence-corrected chi connectivity index (χ3v) is 3.72. The molecular weight excluding hydrogens is 405 g/mol. The number of hydrogen-bond acceptors (Lipinski definition) is 6. The van der Waals surface area contributed by atoms with E-state index in [1.54, 1.807) is 13.8 Å². The molecule has 30 heavy (non-hydrogen) atoms. The van der Waals surface area contributed by atoms with Gasteiger partial charge in [0, 0.05) is 30.4 Å². The minimum absolute atomic E-state index is 0.00796. The Hall–Kier alpha value is -3.37. The average Bonchev–Trinajstić information content (AvgIpc) is 2.70. The average molecular weight is 426 g/mol. The van der Waals surface area contributed by atoms with Gasteiger partial charge in [0.15, 0.2) is 12.4 Å². The number of halogens is 3. The fourth-order valence-electron chi connectivity index (χ4n) is 2.17. The van der Waals surface area contributed by atoms with Crippen molar-refractivity contribution in [2.24, 2.45) is 5.92 Å². The van der Waals surface area contributed by atoms with Crippen molar-refractivity contribution in [1.29, 1.82) is 0 Å². The third kappa shape index (κ3) is 6.90. The molecule has 0 saturated carbocycles. The van der Waals surface area contributed by atoms with Crippen LogP contribution in [-0.2, 0) is 11.3 Å². The molecule has 0 aliphatic heterocycles. The Balaban J connectivity index is 2.01. The minimum Gasteiger partial charge on any atom is -0.491 e. The second-order valence-corrected chi connectivity index (χ2v) is 6.51. The third-order valence-electron chi connectivity index (χ3n) is 3.72. The Labute approximate surface area is 170 Å². The van der Waals surface area contributed by atoms with Crippen LogP contribution in [0.2, 0.25) is 0 Å². The molecule has 0 fully saturated rings. The molecule has 0 bridgehead atoms. The Bertz CT molecular complexity index is 904. The Morgan fingerprint density at radius 2 is 1.93 bits per heavy atom. The Morgan fingerprint density at radius 1 is 1.20 bits per heavy atom. The summed E-state index contributed by atoms with van der Waals surface area (Å²) in [5, 5.41) is 5.25. The van der Waals surface area contributed by atoms with E-state index in [-0.39, 0.29) is 41.4 Å². The molecule has 2 heterocycles. The summed E-state index contributed by atoms with van der Waals surface area (Å²) in [6, 6.07) is 4.33. The summed E-state index contributed by atoms with van der Waals surface area (Å²) in [5.74, 6) is -0.955. The maximum Gasteiger partial charge on any atom is 0.422 e. The number of nitrogens with one attached hydrogen (secondary N) is 2. The molecule has 2 aromatic rings. The highest BCUT2D eigenvalue weighted by atomic mass is 19.4. The summed E-state index contributed by atoms with van der Waals surface area (Å²) in [7, 11) is 1.27. The van der Waals surface area contributed by atoms with Crippen molar-refractivity contribution in [3.05, 3.63) is 41.7 Å². The number of methoxy groups -OCH3 is 1. The van der Waals surface area contributed by atoms with Gasteiger partial charge in [-0.3, -0.25) is 9.59 Å². The second kappa shape index (κ2) is 9.90. The van der Waals surface area contributed by atoms with E-state index in [0.29, 0.717) is 5.56 Å². The van der Waals surface area contributed by atoms with E-state index in [4.69, 9.17) is 4.74 Å². The standard InChI is InChI=1S/C19H21F3N4O4/c1-11(2)16(27)26-15-7-13(4-5-23-15)17(28)24-8-12-6-14(29-3)18(25-9-12)30-10-19(20,21)22/h4-7,9,11H,8,10H2,1-3H3,(H,24,28)(H,23,26,27). The number of carbonyl (C=O) groups excluding carboxylic acids is 2. The SMILES string of the molecule is COc1cc(CNC(=O)c2ccnc(NC(=O)C(C)C)c2)cnc1OCC(F)(F)F. The van der Waals surface area contributed by atoms with Gasteiger partial charge >= 0.3 is 6.18 Å². The molecule has 162 valence electrons. The highest BCUT2D eigenvalue weighted by Crippen LogP contribution is 2.27. The van der Waals surface area contributed by atoms with Crippen molar-refractivity contribution in [3.8, 4) is 11.6 Å². The van der Waals surface area contributed by atoms with E-state index >= 15 is 0 Å². The van der Waals surface area contributed by atoms with Crippen LogP contribution in [0.25, 0.3) is 0 Å². The van der Waals surface area contributed by atoms with E-state index in [9.17, 15) is 22.8 Å². The molecule has 11 heteroatoms. The number of rotatable bonds is 8. The van der Waals surface area contributed by atoms with Gasteiger partial charge in [-0.1, -0.05) is 13.8 Å². The Kier molecular flexibility index (Phi) is 7.56.